The lowest BCUT2D eigenvalue weighted by atomic mass is 10.0. The first-order valence-corrected chi connectivity index (χ1v) is 7.80. The highest BCUT2D eigenvalue weighted by Gasteiger charge is 2.17. The Morgan fingerprint density at radius 3 is 2.67 bits per heavy atom. The van der Waals surface area contributed by atoms with Gasteiger partial charge in [0.1, 0.15) is 0 Å². The Balaban J connectivity index is 2.86. The molecule has 0 fully saturated rings. The number of thiazole rings is 1. The zero-order valence-corrected chi connectivity index (χ0v) is 13.2. The molecule has 4 heteroatoms. The third-order valence-corrected chi connectivity index (χ3v) is 4.49. The summed E-state index contributed by atoms with van der Waals surface area (Å²) in [5.74, 6) is 0.554. The summed E-state index contributed by atoms with van der Waals surface area (Å²) in [5, 5.41) is 4.42. The fraction of sp³-hybridized carbons (Fsp3) is 0.786. The fourth-order valence-corrected chi connectivity index (χ4v) is 3.05. The third kappa shape index (κ3) is 3.95. The molecule has 1 atom stereocenters. The summed E-state index contributed by atoms with van der Waals surface area (Å²) in [6, 6.07) is 0. The Bertz CT molecular complexity index is 349. The molecule has 0 aliphatic heterocycles. The second-order valence-corrected chi connectivity index (χ2v) is 5.98. The smallest absolute Gasteiger partial charge is 0.185 e. The molecule has 0 aliphatic carbocycles. The Kier molecular flexibility index (Phi) is 6.65. The van der Waals surface area contributed by atoms with Crippen LogP contribution in [0.25, 0.3) is 0 Å². The average Bonchev–Trinajstić information content (AvgIpc) is 2.79. The third-order valence-electron chi connectivity index (χ3n) is 3.31. The topological polar surface area (TPSA) is 28.2 Å². The number of hydrogen-bond acceptors (Lipinski definition) is 4. The molecule has 3 nitrogen and oxygen atoms in total. The Morgan fingerprint density at radius 1 is 1.39 bits per heavy atom. The van der Waals surface area contributed by atoms with E-state index in [9.17, 15) is 0 Å². The van der Waals surface area contributed by atoms with Crippen LogP contribution in [0.5, 0.6) is 0 Å². The molecule has 18 heavy (non-hydrogen) atoms. The minimum absolute atomic E-state index is 0.554. The van der Waals surface area contributed by atoms with Crippen molar-refractivity contribution in [2.75, 3.05) is 25.5 Å². The van der Waals surface area contributed by atoms with Gasteiger partial charge in [0.05, 0.1) is 5.69 Å². The normalized spacial score (nSPS) is 12.7. The molecule has 1 rings (SSSR count). The van der Waals surface area contributed by atoms with E-state index >= 15 is 0 Å². The van der Waals surface area contributed by atoms with Crippen molar-refractivity contribution in [1.29, 1.82) is 0 Å². The Hall–Kier alpha value is -0.610. The number of aromatic nitrogens is 1. The number of nitrogens with one attached hydrogen (secondary N) is 1. The molecule has 0 spiro atoms. The highest BCUT2D eigenvalue weighted by atomic mass is 32.1. The van der Waals surface area contributed by atoms with Crippen LogP contribution in [0.4, 0.5) is 5.13 Å². The number of hydrogen-bond donors (Lipinski definition) is 1. The molecular formula is C14H27N3S. The molecule has 0 bridgehead atoms. The Labute approximate surface area is 116 Å². The van der Waals surface area contributed by atoms with Crippen molar-refractivity contribution in [3.8, 4) is 0 Å². The second-order valence-electron chi connectivity index (χ2n) is 4.92. The molecule has 1 N–H and O–H groups in total. The van der Waals surface area contributed by atoms with E-state index < -0.39 is 0 Å². The van der Waals surface area contributed by atoms with E-state index in [1.807, 2.05) is 18.4 Å². The zero-order valence-electron chi connectivity index (χ0n) is 12.4. The van der Waals surface area contributed by atoms with Crippen LogP contribution in [-0.4, -0.2) is 25.6 Å². The van der Waals surface area contributed by atoms with Crippen molar-refractivity contribution >= 4 is 16.5 Å². The molecule has 0 radical (unpaired) electrons. The molecule has 1 heterocycles. The van der Waals surface area contributed by atoms with Gasteiger partial charge in [0, 0.05) is 25.0 Å². The van der Waals surface area contributed by atoms with Crippen molar-refractivity contribution in [2.24, 2.45) is 0 Å². The minimum Gasteiger partial charge on any atom is -0.351 e. The maximum absolute atomic E-state index is 4.86. The van der Waals surface area contributed by atoms with E-state index in [4.69, 9.17) is 4.98 Å². The van der Waals surface area contributed by atoms with Gasteiger partial charge >= 0.3 is 0 Å². The predicted molar refractivity (Wildman–Crippen MR) is 81.8 cm³/mol. The van der Waals surface area contributed by atoms with Gasteiger partial charge < -0.3 is 10.2 Å². The molecular weight excluding hydrogens is 242 g/mol. The lowest BCUT2D eigenvalue weighted by Crippen LogP contribution is -2.18. The van der Waals surface area contributed by atoms with Crippen molar-refractivity contribution in [1.82, 2.24) is 10.3 Å². The summed E-state index contributed by atoms with van der Waals surface area (Å²) in [5.41, 5.74) is 1.29. The lowest BCUT2D eigenvalue weighted by molar-refractivity contribution is 0.690. The van der Waals surface area contributed by atoms with Crippen molar-refractivity contribution in [3.63, 3.8) is 0 Å². The first-order chi connectivity index (χ1) is 8.63. The SMILES string of the molecule is CCCCN(C)c1nc(C(C)CC)c(CNC)s1. The maximum Gasteiger partial charge on any atom is 0.185 e. The summed E-state index contributed by atoms with van der Waals surface area (Å²) in [4.78, 5) is 8.54. The van der Waals surface area contributed by atoms with Crippen LogP contribution in [-0.2, 0) is 6.54 Å². The second kappa shape index (κ2) is 7.74. The van der Waals surface area contributed by atoms with Crippen LogP contribution >= 0.6 is 11.3 Å². The minimum atomic E-state index is 0.554. The predicted octanol–water partition coefficient (Wildman–Crippen LogP) is 3.61. The highest BCUT2D eigenvalue weighted by Crippen LogP contribution is 2.31. The van der Waals surface area contributed by atoms with Crippen LogP contribution < -0.4 is 10.2 Å². The van der Waals surface area contributed by atoms with E-state index in [1.54, 1.807) is 0 Å². The largest absolute Gasteiger partial charge is 0.351 e. The molecule has 0 saturated heterocycles. The van der Waals surface area contributed by atoms with Gasteiger partial charge in [-0.1, -0.05) is 27.2 Å². The fourth-order valence-electron chi connectivity index (χ4n) is 1.87. The number of rotatable bonds is 8. The van der Waals surface area contributed by atoms with Crippen molar-refractivity contribution in [2.45, 2.75) is 52.5 Å². The van der Waals surface area contributed by atoms with Crippen LogP contribution in [0.15, 0.2) is 0 Å². The summed E-state index contributed by atoms with van der Waals surface area (Å²) in [6.07, 6.45) is 3.62. The van der Waals surface area contributed by atoms with Gasteiger partial charge in [-0.25, -0.2) is 4.98 Å². The molecule has 104 valence electrons. The first kappa shape index (κ1) is 15.4. The highest BCUT2D eigenvalue weighted by molar-refractivity contribution is 7.15. The van der Waals surface area contributed by atoms with E-state index in [0.29, 0.717) is 5.92 Å². The van der Waals surface area contributed by atoms with Gasteiger partial charge in [0.2, 0.25) is 0 Å². The summed E-state index contributed by atoms with van der Waals surface area (Å²) in [7, 11) is 4.15. The zero-order chi connectivity index (χ0) is 13.5. The van der Waals surface area contributed by atoms with Gasteiger partial charge in [-0.15, -0.1) is 11.3 Å². The average molecular weight is 269 g/mol. The first-order valence-electron chi connectivity index (χ1n) is 6.99. The van der Waals surface area contributed by atoms with Crippen molar-refractivity contribution in [3.05, 3.63) is 10.6 Å². The molecule has 0 aromatic carbocycles. The monoisotopic (exact) mass is 269 g/mol. The molecule has 1 unspecified atom stereocenters. The standard InChI is InChI=1S/C14H27N3S/c1-6-8-9-17(5)14-16-13(11(3)7-2)12(18-14)10-15-4/h11,15H,6-10H2,1-5H3. The van der Waals surface area contributed by atoms with E-state index in [-0.39, 0.29) is 0 Å². The van der Waals surface area contributed by atoms with E-state index in [2.05, 4.69) is 38.0 Å². The van der Waals surface area contributed by atoms with Gasteiger partial charge in [-0.05, 0) is 25.8 Å². The summed E-state index contributed by atoms with van der Waals surface area (Å²) < 4.78 is 0. The molecule has 0 saturated carbocycles. The van der Waals surface area contributed by atoms with Crippen LogP contribution in [0.3, 0.4) is 0 Å². The van der Waals surface area contributed by atoms with Crippen LogP contribution in [0.2, 0.25) is 0 Å². The van der Waals surface area contributed by atoms with Gasteiger partial charge in [-0.3, -0.25) is 0 Å². The van der Waals surface area contributed by atoms with Crippen LogP contribution in [0, 0.1) is 0 Å². The van der Waals surface area contributed by atoms with E-state index in [0.717, 1.165) is 19.5 Å². The van der Waals surface area contributed by atoms with Crippen LogP contribution in [0.1, 0.15) is 56.5 Å². The number of unbranched alkanes of at least 4 members (excludes halogenated alkanes) is 1. The molecule has 1 aromatic rings. The lowest BCUT2D eigenvalue weighted by Gasteiger charge is -2.14. The number of anilines is 1. The molecule has 0 amide bonds. The van der Waals surface area contributed by atoms with Crippen molar-refractivity contribution < 1.29 is 0 Å². The quantitative estimate of drug-likeness (QED) is 0.781. The van der Waals surface area contributed by atoms with E-state index in [1.165, 1.54) is 28.5 Å². The summed E-state index contributed by atoms with van der Waals surface area (Å²) in [6.45, 7) is 8.76. The van der Waals surface area contributed by atoms with Gasteiger partial charge in [0.25, 0.3) is 0 Å². The van der Waals surface area contributed by atoms with Gasteiger partial charge in [0.15, 0.2) is 5.13 Å². The maximum atomic E-state index is 4.86. The summed E-state index contributed by atoms with van der Waals surface area (Å²) >= 11 is 1.84. The number of nitrogens with zero attached hydrogens (tertiary/aromatic N) is 2. The molecule has 1 aromatic heterocycles. The Morgan fingerprint density at radius 2 is 2.11 bits per heavy atom. The van der Waals surface area contributed by atoms with Gasteiger partial charge in [-0.2, -0.15) is 0 Å². The molecule has 0 aliphatic rings.